The highest BCUT2D eigenvalue weighted by atomic mass is 15.0. The summed E-state index contributed by atoms with van der Waals surface area (Å²) in [5.41, 5.74) is 14.2. The Morgan fingerprint density at radius 3 is 2.38 bits per heavy atom. The molecule has 0 N–H and O–H groups in total. The zero-order valence-electron chi connectivity index (χ0n) is 22.9. The van der Waals surface area contributed by atoms with E-state index in [-0.39, 0.29) is 0 Å². The van der Waals surface area contributed by atoms with Crippen LogP contribution in [0.3, 0.4) is 0 Å². The predicted molar refractivity (Wildman–Crippen MR) is 157 cm³/mol. The lowest BCUT2D eigenvalue weighted by Crippen LogP contribution is -2.61. The van der Waals surface area contributed by atoms with Crippen LogP contribution in [0.5, 0.6) is 0 Å². The quantitative estimate of drug-likeness (QED) is 0.286. The van der Waals surface area contributed by atoms with Crippen LogP contribution >= 0.6 is 0 Å². The summed E-state index contributed by atoms with van der Waals surface area (Å²) in [6, 6.07) is 12.6. The number of nitrogens with zero attached hydrogens (tertiary/aromatic N) is 1. The molecule has 0 amide bonds. The Morgan fingerprint density at radius 1 is 0.744 bits per heavy atom. The van der Waals surface area contributed by atoms with Gasteiger partial charge in [-0.05, 0) is 162 Å². The molecule has 1 aromatic heterocycles. The molecule has 39 heavy (non-hydrogen) atoms. The van der Waals surface area contributed by atoms with E-state index >= 15 is 0 Å². The minimum absolute atomic E-state index is 0.696. The summed E-state index contributed by atoms with van der Waals surface area (Å²) >= 11 is 0. The van der Waals surface area contributed by atoms with E-state index in [1.165, 1.54) is 84.3 Å². The summed E-state index contributed by atoms with van der Waals surface area (Å²) in [6.45, 7) is 5.70. The standard InChI is InChI=1S/C38H37N/c1-19-7-30-27(21-8-23-10-25-12-33(30)37(23,25)16-21)6-5-20-3-2-4-28-32-14-29-22-9-24-11-26-13-34(38(24,26)17-22)31(29)15-35(32)39(18-19)36(20)28/h2-4,6-7,14-15,21-26,33-34H,1,5,8-13,16-18H2/b27-6-,30-7+. The summed E-state index contributed by atoms with van der Waals surface area (Å²) in [5.74, 6) is 7.44. The number of aromatic nitrogens is 1. The summed E-state index contributed by atoms with van der Waals surface area (Å²) in [4.78, 5) is 0. The van der Waals surface area contributed by atoms with Crippen molar-refractivity contribution in [2.45, 2.75) is 76.2 Å². The third-order valence-corrected chi connectivity index (χ3v) is 15.3. The molecule has 10 unspecified atom stereocenters. The molecule has 2 heterocycles. The molecule has 0 saturated heterocycles. The van der Waals surface area contributed by atoms with Crippen LogP contribution in [0.4, 0.5) is 0 Å². The molecule has 7 saturated carbocycles. The second kappa shape index (κ2) is 6.05. The number of rotatable bonds is 0. The molecule has 9 aliphatic rings. The highest BCUT2D eigenvalue weighted by molar-refractivity contribution is 6.10. The monoisotopic (exact) mass is 507 g/mol. The van der Waals surface area contributed by atoms with Gasteiger partial charge in [0.05, 0.1) is 5.52 Å². The molecule has 1 nitrogen and oxygen atoms in total. The third-order valence-electron chi connectivity index (χ3n) is 15.3. The van der Waals surface area contributed by atoms with E-state index in [0.29, 0.717) is 10.8 Å². The normalized spacial score (nSPS) is 49.2. The summed E-state index contributed by atoms with van der Waals surface area (Å²) in [5, 5.41) is 3.00. The minimum atomic E-state index is 0.696. The molecular formula is C38H37N. The fraction of sp³-hybridized carbons (Fsp3) is 0.526. The van der Waals surface area contributed by atoms with Gasteiger partial charge >= 0.3 is 0 Å². The van der Waals surface area contributed by atoms with Crippen molar-refractivity contribution in [3.63, 3.8) is 0 Å². The average molecular weight is 508 g/mol. The van der Waals surface area contributed by atoms with Crippen LogP contribution < -0.4 is 0 Å². The van der Waals surface area contributed by atoms with Crippen molar-refractivity contribution in [3.8, 4) is 0 Å². The first-order chi connectivity index (χ1) is 19.1. The Bertz CT molecular complexity index is 1810. The number of hydrogen-bond donors (Lipinski definition) is 0. The number of hydrogen-bond acceptors (Lipinski definition) is 0. The van der Waals surface area contributed by atoms with Gasteiger partial charge in [-0.15, -0.1) is 0 Å². The molecule has 0 radical (unpaired) electrons. The van der Waals surface area contributed by atoms with Crippen molar-refractivity contribution in [1.82, 2.24) is 4.57 Å². The van der Waals surface area contributed by atoms with Crippen LogP contribution in [0.15, 0.2) is 65.8 Å². The Hall–Kier alpha value is -2.54. The summed E-state index contributed by atoms with van der Waals surface area (Å²) in [7, 11) is 0. The average Bonchev–Trinajstić information content (AvgIpc) is 3.58. The molecule has 12 rings (SSSR count). The van der Waals surface area contributed by atoms with Crippen LogP contribution in [-0.2, 0) is 13.0 Å². The van der Waals surface area contributed by atoms with Crippen molar-refractivity contribution in [1.29, 1.82) is 0 Å². The van der Waals surface area contributed by atoms with E-state index in [1.807, 2.05) is 0 Å². The second-order valence-electron chi connectivity index (χ2n) is 15.9. The molecule has 4 bridgehead atoms. The smallest absolute Gasteiger partial charge is 0.0530 e. The molecule has 8 aliphatic carbocycles. The van der Waals surface area contributed by atoms with Crippen molar-refractivity contribution < 1.29 is 0 Å². The first-order valence-electron chi connectivity index (χ1n) is 16.3. The van der Waals surface area contributed by atoms with Gasteiger partial charge in [0.1, 0.15) is 0 Å². The molecule has 7 fully saturated rings. The molecule has 194 valence electrons. The van der Waals surface area contributed by atoms with Crippen molar-refractivity contribution in [2.24, 2.45) is 46.3 Å². The minimum Gasteiger partial charge on any atom is -0.336 e. The summed E-state index contributed by atoms with van der Waals surface area (Å²) < 4.78 is 2.70. The maximum Gasteiger partial charge on any atom is 0.0530 e. The molecule has 2 aromatic carbocycles. The lowest BCUT2D eigenvalue weighted by molar-refractivity contribution is -0.166. The Balaban J connectivity index is 1.08. The van der Waals surface area contributed by atoms with Crippen LogP contribution in [0.2, 0.25) is 0 Å². The fourth-order valence-corrected chi connectivity index (χ4v) is 13.8. The van der Waals surface area contributed by atoms with Gasteiger partial charge in [-0.25, -0.2) is 0 Å². The molecular weight excluding hydrogens is 470 g/mol. The maximum absolute atomic E-state index is 4.76. The van der Waals surface area contributed by atoms with Crippen LogP contribution in [0.1, 0.15) is 79.9 Å². The van der Waals surface area contributed by atoms with Crippen molar-refractivity contribution >= 4 is 21.8 Å². The van der Waals surface area contributed by atoms with Gasteiger partial charge < -0.3 is 4.57 Å². The van der Waals surface area contributed by atoms with Gasteiger partial charge in [-0.1, -0.05) is 36.9 Å². The Morgan fingerprint density at radius 2 is 1.51 bits per heavy atom. The largest absolute Gasteiger partial charge is 0.336 e. The van der Waals surface area contributed by atoms with Gasteiger partial charge in [0.2, 0.25) is 0 Å². The van der Waals surface area contributed by atoms with Crippen molar-refractivity contribution in [2.75, 3.05) is 0 Å². The fourth-order valence-electron chi connectivity index (χ4n) is 13.8. The lowest BCUT2D eigenvalue weighted by Gasteiger charge is -2.68. The van der Waals surface area contributed by atoms with Crippen LogP contribution in [-0.4, -0.2) is 4.57 Å². The summed E-state index contributed by atoms with van der Waals surface area (Å²) in [6.07, 6.45) is 18.3. The lowest BCUT2D eigenvalue weighted by atomic mass is 9.36. The van der Waals surface area contributed by atoms with E-state index in [9.17, 15) is 0 Å². The maximum atomic E-state index is 4.76. The topological polar surface area (TPSA) is 4.93 Å². The zero-order chi connectivity index (χ0) is 25.0. The van der Waals surface area contributed by atoms with Gasteiger partial charge in [-0.2, -0.15) is 0 Å². The van der Waals surface area contributed by atoms with Gasteiger partial charge in [0.15, 0.2) is 0 Å². The zero-order valence-corrected chi connectivity index (χ0v) is 22.9. The Labute approximate surface area is 231 Å². The first kappa shape index (κ1) is 20.4. The van der Waals surface area contributed by atoms with Gasteiger partial charge in [0, 0.05) is 22.8 Å². The molecule has 1 aliphatic heterocycles. The molecule has 10 atom stereocenters. The number of benzene rings is 2. The molecule has 3 aromatic rings. The number of allylic oxidation sites excluding steroid dienone is 5. The molecule has 1 heteroatoms. The number of fused-ring (bicyclic) bond motifs is 11. The van der Waals surface area contributed by atoms with Crippen molar-refractivity contribution in [3.05, 3.63) is 82.5 Å². The van der Waals surface area contributed by atoms with E-state index in [1.54, 1.807) is 22.3 Å². The highest BCUT2D eigenvalue weighted by Crippen LogP contribution is 2.82. The SMILES string of the molecule is C=C1/C=C2\C(=C/Cc3cccc4c5cc6c(cc5n(c34)C1)C1CC3CC4CC6CC431)C1CC3CC4CC2C34C1. The Kier molecular flexibility index (Phi) is 3.15. The molecule has 2 spiro atoms. The predicted octanol–water partition coefficient (Wildman–Crippen LogP) is 8.83. The number of para-hydroxylation sites is 1. The highest BCUT2D eigenvalue weighted by Gasteiger charge is 2.73. The third kappa shape index (κ3) is 1.96. The van der Waals surface area contributed by atoms with E-state index < -0.39 is 0 Å². The van der Waals surface area contributed by atoms with E-state index in [4.69, 9.17) is 6.58 Å². The van der Waals surface area contributed by atoms with Gasteiger partial charge in [-0.3, -0.25) is 0 Å². The van der Waals surface area contributed by atoms with Crippen LogP contribution in [0, 0.1) is 46.3 Å². The first-order valence-corrected chi connectivity index (χ1v) is 16.3. The second-order valence-corrected chi connectivity index (χ2v) is 15.9. The van der Waals surface area contributed by atoms with E-state index in [2.05, 4.69) is 47.1 Å². The van der Waals surface area contributed by atoms with E-state index in [0.717, 1.165) is 60.3 Å². The van der Waals surface area contributed by atoms with Crippen LogP contribution in [0.25, 0.3) is 21.8 Å². The van der Waals surface area contributed by atoms with Gasteiger partial charge in [0.25, 0.3) is 0 Å².